The fourth-order valence-electron chi connectivity index (χ4n) is 2.68. The first kappa shape index (κ1) is 20.2. The van der Waals surface area contributed by atoms with Crippen LogP contribution in [0.25, 0.3) is 22.4 Å². The van der Waals surface area contributed by atoms with Crippen LogP contribution in [0.5, 0.6) is 0 Å². The topological polar surface area (TPSA) is 126 Å². The van der Waals surface area contributed by atoms with E-state index in [1.54, 1.807) is 18.2 Å². The normalized spacial score (nSPS) is 12.0. The summed E-state index contributed by atoms with van der Waals surface area (Å²) in [5.41, 5.74) is 6.55. The van der Waals surface area contributed by atoms with Crippen LogP contribution in [0.2, 0.25) is 0 Å². The molecule has 0 atom stereocenters. The van der Waals surface area contributed by atoms with Crippen LogP contribution in [0.3, 0.4) is 0 Å². The minimum Gasteiger partial charge on any atom is -0.368 e. The van der Waals surface area contributed by atoms with E-state index in [0.717, 1.165) is 17.0 Å². The zero-order valence-electron chi connectivity index (χ0n) is 15.4. The highest BCUT2D eigenvalue weighted by Crippen LogP contribution is 2.23. The minimum absolute atomic E-state index is 0.0623. The van der Waals surface area contributed by atoms with E-state index < -0.39 is 22.0 Å². The molecule has 1 heterocycles. The minimum atomic E-state index is -4.09. The van der Waals surface area contributed by atoms with Crippen LogP contribution in [-0.2, 0) is 19.2 Å². The Kier molecular flexibility index (Phi) is 5.71. The van der Waals surface area contributed by atoms with Crippen molar-refractivity contribution in [3.63, 3.8) is 0 Å². The maximum absolute atomic E-state index is 13.1. The number of nitrogens with one attached hydrogen (secondary N) is 1. The van der Waals surface area contributed by atoms with Gasteiger partial charge in [-0.15, -0.1) is 9.35 Å². The average molecular weight is 410 g/mol. The number of nitrogens with zero attached hydrogens (tertiary/aromatic N) is 2. The lowest BCUT2D eigenvalue weighted by atomic mass is 10.0. The summed E-state index contributed by atoms with van der Waals surface area (Å²) in [5.74, 6) is -1.78. The van der Waals surface area contributed by atoms with Crippen LogP contribution >= 0.6 is 0 Å². The summed E-state index contributed by atoms with van der Waals surface area (Å²) in [7, 11) is -4.09. The summed E-state index contributed by atoms with van der Waals surface area (Å²) in [6.07, 6.45) is 5.31. The first-order valence-electron chi connectivity index (χ1n) is 8.43. The van der Waals surface area contributed by atoms with Gasteiger partial charge in [-0.1, -0.05) is 42.5 Å². The van der Waals surface area contributed by atoms with Gasteiger partial charge in [-0.2, -0.15) is 8.42 Å². The maximum atomic E-state index is 13.1. The number of benzene rings is 2. The van der Waals surface area contributed by atoms with Crippen molar-refractivity contribution in [1.82, 2.24) is 10.0 Å². The van der Waals surface area contributed by atoms with E-state index in [4.69, 9.17) is 11.1 Å². The predicted octanol–water partition coefficient (Wildman–Crippen LogP) is 2.39. The van der Waals surface area contributed by atoms with Crippen LogP contribution < -0.4 is 5.73 Å². The van der Waals surface area contributed by atoms with Crippen LogP contribution in [0.4, 0.5) is 0 Å². The summed E-state index contributed by atoms with van der Waals surface area (Å²) < 4.78 is 27.6. The number of carbonyl (C=O) groups excluding carboxylic acids is 1. The van der Waals surface area contributed by atoms with Crippen molar-refractivity contribution >= 4 is 44.4 Å². The third-order valence-corrected chi connectivity index (χ3v) is 4.32. The van der Waals surface area contributed by atoms with E-state index in [9.17, 15) is 13.2 Å². The quantitative estimate of drug-likeness (QED) is 0.288. The number of pyridine rings is 1. The van der Waals surface area contributed by atoms with Crippen molar-refractivity contribution in [2.75, 3.05) is 6.26 Å². The molecular weight excluding hydrogens is 392 g/mol. The molecule has 0 saturated heterocycles. The molecule has 1 amide bonds. The van der Waals surface area contributed by atoms with E-state index in [1.807, 2.05) is 42.5 Å². The molecular formula is C20H18N4O4S. The number of hydrogen-bond acceptors (Lipinski definition) is 6. The van der Waals surface area contributed by atoms with Gasteiger partial charge in [0.1, 0.15) is 0 Å². The van der Waals surface area contributed by atoms with Crippen molar-refractivity contribution in [3.8, 4) is 0 Å². The number of amides is 1. The number of carbonyl (C=O) groups is 1. The standard InChI is InChI=1S/C20H18N4O4S/c1-29(26,27)28-24(20(21)22)19(25)18(17-7-4-10-23-13-17)12-14-8-9-15-5-2-3-6-16(15)11-14/h2-13H,1H3,(H3,21,22)/b18-12+. The Bertz CT molecular complexity index is 1210. The Morgan fingerprint density at radius 1 is 1.14 bits per heavy atom. The van der Waals surface area contributed by atoms with Gasteiger partial charge in [0, 0.05) is 18.0 Å². The molecule has 0 saturated carbocycles. The number of fused-ring (bicyclic) bond motifs is 1. The molecule has 3 rings (SSSR count). The summed E-state index contributed by atoms with van der Waals surface area (Å²) in [4.78, 5) is 17.1. The van der Waals surface area contributed by atoms with Crippen LogP contribution in [0.1, 0.15) is 11.1 Å². The number of nitrogens with two attached hydrogens (primary N) is 1. The Hall–Kier alpha value is -3.56. The Balaban J connectivity index is 2.12. The molecule has 0 bridgehead atoms. The van der Waals surface area contributed by atoms with E-state index in [2.05, 4.69) is 9.27 Å². The second kappa shape index (κ2) is 8.21. The van der Waals surface area contributed by atoms with Gasteiger partial charge in [0.15, 0.2) is 0 Å². The largest absolute Gasteiger partial charge is 0.368 e. The fourth-order valence-corrected chi connectivity index (χ4v) is 3.10. The van der Waals surface area contributed by atoms with Gasteiger partial charge in [-0.25, -0.2) is 0 Å². The molecule has 2 aromatic carbocycles. The summed E-state index contributed by atoms with van der Waals surface area (Å²) >= 11 is 0. The second-order valence-electron chi connectivity index (χ2n) is 6.17. The van der Waals surface area contributed by atoms with Gasteiger partial charge >= 0.3 is 0 Å². The lowest BCUT2D eigenvalue weighted by Gasteiger charge is -2.19. The molecule has 8 nitrogen and oxygen atoms in total. The summed E-state index contributed by atoms with van der Waals surface area (Å²) in [5, 5.41) is 9.79. The highest BCUT2D eigenvalue weighted by atomic mass is 32.2. The SMILES string of the molecule is CS(=O)(=O)ON(C(=N)N)C(=O)/C(=C/c1ccc2ccccc2c1)c1cccnc1. The van der Waals surface area contributed by atoms with E-state index in [1.165, 1.54) is 12.4 Å². The van der Waals surface area contributed by atoms with Gasteiger partial charge in [-0.05, 0) is 34.5 Å². The van der Waals surface area contributed by atoms with Gasteiger partial charge in [-0.3, -0.25) is 15.2 Å². The number of hydroxylamine groups is 2. The number of rotatable bonds is 5. The average Bonchev–Trinajstić information content (AvgIpc) is 2.69. The molecule has 0 unspecified atom stereocenters. The molecule has 0 fully saturated rings. The van der Waals surface area contributed by atoms with Gasteiger partial charge in [0.25, 0.3) is 16.0 Å². The van der Waals surface area contributed by atoms with Crippen molar-refractivity contribution in [3.05, 3.63) is 78.1 Å². The molecule has 1 aromatic heterocycles. The highest BCUT2D eigenvalue weighted by Gasteiger charge is 2.27. The molecule has 0 aliphatic heterocycles. The molecule has 9 heteroatoms. The number of hydrogen-bond donors (Lipinski definition) is 2. The van der Waals surface area contributed by atoms with Gasteiger partial charge in [0.2, 0.25) is 5.96 Å². The van der Waals surface area contributed by atoms with Crippen molar-refractivity contribution in [2.45, 2.75) is 0 Å². The zero-order chi connectivity index (χ0) is 21.0. The lowest BCUT2D eigenvalue weighted by Crippen LogP contribution is -2.42. The first-order valence-corrected chi connectivity index (χ1v) is 10.3. The Morgan fingerprint density at radius 3 is 2.48 bits per heavy atom. The molecule has 0 aliphatic rings. The van der Waals surface area contributed by atoms with E-state index >= 15 is 0 Å². The smallest absolute Gasteiger partial charge is 0.286 e. The van der Waals surface area contributed by atoms with E-state index in [-0.39, 0.29) is 10.6 Å². The Morgan fingerprint density at radius 2 is 1.86 bits per heavy atom. The maximum Gasteiger partial charge on any atom is 0.286 e. The monoisotopic (exact) mass is 410 g/mol. The predicted molar refractivity (Wildman–Crippen MR) is 111 cm³/mol. The number of aromatic nitrogens is 1. The molecule has 29 heavy (non-hydrogen) atoms. The zero-order valence-corrected chi connectivity index (χ0v) is 16.3. The van der Waals surface area contributed by atoms with Crippen molar-refractivity contribution in [2.24, 2.45) is 5.73 Å². The van der Waals surface area contributed by atoms with Crippen LogP contribution in [-0.4, -0.2) is 36.6 Å². The molecule has 0 aliphatic carbocycles. The van der Waals surface area contributed by atoms with Crippen molar-refractivity contribution < 1.29 is 17.5 Å². The molecule has 148 valence electrons. The third-order valence-electron chi connectivity index (χ3n) is 3.90. The molecule has 0 radical (unpaired) electrons. The van der Waals surface area contributed by atoms with E-state index in [0.29, 0.717) is 11.1 Å². The molecule has 3 aromatic rings. The van der Waals surface area contributed by atoms with Crippen LogP contribution in [0, 0.1) is 5.41 Å². The summed E-state index contributed by atoms with van der Waals surface area (Å²) in [6.45, 7) is 0. The Labute approximate surface area is 167 Å². The number of guanidine groups is 1. The van der Waals surface area contributed by atoms with Crippen molar-refractivity contribution in [1.29, 1.82) is 5.41 Å². The second-order valence-corrected chi connectivity index (χ2v) is 7.73. The van der Waals surface area contributed by atoms with Gasteiger partial charge < -0.3 is 5.73 Å². The molecule has 0 spiro atoms. The third kappa shape index (κ3) is 5.03. The van der Waals surface area contributed by atoms with Crippen LogP contribution in [0.15, 0.2) is 67.0 Å². The van der Waals surface area contributed by atoms with Gasteiger partial charge in [0.05, 0.1) is 11.8 Å². The molecule has 3 N–H and O–H groups in total. The summed E-state index contributed by atoms with van der Waals surface area (Å²) in [6, 6.07) is 16.6. The lowest BCUT2D eigenvalue weighted by molar-refractivity contribution is -0.137. The fraction of sp³-hybridized carbons (Fsp3) is 0.0500. The highest BCUT2D eigenvalue weighted by molar-refractivity contribution is 7.85. The first-order chi connectivity index (χ1) is 13.7.